The van der Waals surface area contributed by atoms with Crippen molar-refractivity contribution in [3.05, 3.63) is 65.1 Å². The lowest BCUT2D eigenvalue weighted by molar-refractivity contribution is 0.415. The smallest absolute Gasteiger partial charge is 0.336 e. The number of hydrogen-bond acceptors (Lipinski definition) is 3. The van der Waals surface area contributed by atoms with E-state index in [1.165, 1.54) is 6.07 Å². The topological polar surface area (TPSA) is 55.2 Å². The molecule has 4 aromatic rings. The van der Waals surface area contributed by atoms with Crippen molar-refractivity contribution in [2.24, 2.45) is 0 Å². The molecule has 0 unspecified atom stereocenters. The molecule has 2 aromatic carbocycles. The summed E-state index contributed by atoms with van der Waals surface area (Å²) in [5, 5.41) is 1.92. The summed E-state index contributed by atoms with van der Waals surface area (Å²) < 4.78 is 10.6. The van der Waals surface area contributed by atoms with E-state index in [1.54, 1.807) is 13.2 Å². The maximum Gasteiger partial charge on any atom is 0.336 e. The Morgan fingerprint density at radius 2 is 1.86 bits per heavy atom. The molecule has 4 rings (SSSR count). The Bertz CT molecular complexity index is 1040. The average Bonchev–Trinajstić information content (AvgIpc) is 2.96. The zero-order valence-corrected chi connectivity index (χ0v) is 11.9. The number of ether oxygens (including phenoxy) is 1. The average molecular weight is 291 g/mol. The van der Waals surface area contributed by atoms with Crippen molar-refractivity contribution >= 4 is 21.9 Å². The Hall–Kier alpha value is -3.01. The van der Waals surface area contributed by atoms with Gasteiger partial charge in [-0.15, -0.1) is 0 Å². The maximum absolute atomic E-state index is 11.9. The molecule has 0 fully saturated rings. The molecule has 0 aliphatic carbocycles. The van der Waals surface area contributed by atoms with Gasteiger partial charge in [0.05, 0.1) is 7.11 Å². The minimum absolute atomic E-state index is 0.356. The van der Waals surface area contributed by atoms with Gasteiger partial charge < -0.3 is 14.1 Å². The van der Waals surface area contributed by atoms with Crippen LogP contribution in [-0.4, -0.2) is 12.1 Å². The largest absolute Gasteiger partial charge is 0.497 e. The highest BCUT2D eigenvalue weighted by atomic mass is 16.5. The van der Waals surface area contributed by atoms with Crippen molar-refractivity contribution < 1.29 is 9.15 Å². The number of aromatic nitrogens is 1. The highest BCUT2D eigenvalue weighted by Gasteiger charge is 2.12. The third-order valence-corrected chi connectivity index (χ3v) is 3.83. The van der Waals surface area contributed by atoms with Crippen LogP contribution < -0.4 is 10.4 Å². The van der Waals surface area contributed by atoms with Gasteiger partial charge in [-0.1, -0.05) is 18.2 Å². The van der Waals surface area contributed by atoms with Crippen LogP contribution in [0, 0.1) is 0 Å². The van der Waals surface area contributed by atoms with Crippen LogP contribution in [0.1, 0.15) is 0 Å². The molecule has 0 saturated carbocycles. The molecular formula is C18H13NO3. The second-order valence-electron chi connectivity index (χ2n) is 5.09. The van der Waals surface area contributed by atoms with Crippen LogP contribution in [0.15, 0.2) is 63.9 Å². The normalized spacial score (nSPS) is 11.1. The first-order chi connectivity index (χ1) is 10.8. The number of nitrogens with one attached hydrogen (secondary N) is 1. The summed E-state index contributed by atoms with van der Waals surface area (Å²) in [6, 6.07) is 14.9. The van der Waals surface area contributed by atoms with E-state index in [9.17, 15) is 4.79 Å². The number of aromatic amines is 1. The molecule has 108 valence electrons. The summed E-state index contributed by atoms with van der Waals surface area (Å²) in [6.45, 7) is 0. The van der Waals surface area contributed by atoms with Crippen LogP contribution in [0.4, 0.5) is 0 Å². The van der Waals surface area contributed by atoms with Gasteiger partial charge in [0.1, 0.15) is 11.3 Å². The van der Waals surface area contributed by atoms with Gasteiger partial charge in [0.2, 0.25) is 0 Å². The highest BCUT2D eigenvalue weighted by Crippen LogP contribution is 2.34. The van der Waals surface area contributed by atoms with Crippen LogP contribution >= 0.6 is 0 Å². The van der Waals surface area contributed by atoms with E-state index in [-0.39, 0.29) is 5.63 Å². The molecule has 0 aliphatic heterocycles. The van der Waals surface area contributed by atoms with Gasteiger partial charge in [0, 0.05) is 39.7 Å². The molecule has 22 heavy (non-hydrogen) atoms. The third kappa shape index (κ3) is 1.89. The maximum atomic E-state index is 11.9. The van der Waals surface area contributed by atoms with E-state index in [1.807, 2.05) is 42.6 Å². The number of hydrogen-bond donors (Lipinski definition) is 1. The van der Waals surface area contributed by atoms with E-state index < -0.39 is 0 Å². The van der Waals surface area contributed by atoms with E-state index in [0.29, 0.717) is 5.58 Å². The van der Waals surface area contributed by atoms with Crippen LogP contribution in [0.3, 0.4) is 0 Å². The zero-order chi connectivity index (χ0) is 15.1. The summed E-state index contributed by atoms with van der Waals surface area (Å²) in [4.78, 5) is 15.1. The molecule has 0 radical (unpaired) electrons. The van der Waals surface area contributed by atoms with Crippen LogP contribution in [0.2, 0.25) is 0 Å². The molecule has 0 saturated heterocycles. The van der Waals surface area contributed by atoms with Crippen molar-refractivity contribution in [1.29, 1.82) is 0 Å². The number of H-pyrrole nitrogens is 1. The third-order valence-electron chi connectivity index (χ3n) is 3.83. The Labute approximate surface area is 126 Å². The lowest BCUT2D eigenvalue weighted by atomic mass is 10.0. The number of rotatable bonds is 2. The molecule has 2 heterocycles. The van der Waals surface area contributed by atoms with E-state index >= 15 is 0 Å². The Kier molecular flexibility index (Phi) is 2.76. The minimum Gasteiger partial charge on any atom is -0.497 e. The number of methoxy groups -OCH3 is 1. The predicted molar refractivity (Wildman–Crippen MR) is 86.3 cm³/mol. The molecule has 0 spiro atoms. The molecule has 1 N–H and O–H groups in total. The van der Waals surface area contributed by atoms with Gasteiger partial charge in [0.15, 0.2) is 0 Å². The van der Waals surface area contributed by atoms with E-state index in [0.717, 1.165) is 33.2 Å². The first kappa shape index (κ1) is 12.7. The fourth-order valence-electron chi connectivity index (χ4n) is 2.78. The van der Waals surface area contributed by atoms with Crippen molar-refractivity contribution in [2.45, 2.75) is 0 Å². The molecule has 4 heteroatoms. The van der Waals surface area contributed by atoms with Gasteiger partial charge in [-0.05, 0) is 24.3 Å². The second kappa shape index (κ2) is 4.77. The number of para-hydroxylation sites is 1. The lowest BCUT2D eigenvalue weighted by Gasteiger charge is -2.05. The molecule has 0 bridgehead atoms. The Morgan fingerprint density at radius 1 is 1.00 bits per heavy atom. The van der Waals surface area contributed by atoms with Gasteiger partial charge in [-0.3, -0.25) is 0 Å². The summed E-state index contributed by atoms with van der Waals surface area (Å²) in [5.74, 6) is 0.778. The van der Waals surface area contributed by atoms with Crippen LogP contribution in [-0.2, 0) is 0 Å². The molecule has 4 nitrogen and oxygen atoms in total. The Morgan fingerprint density at radius 3 is 2.73 bits per heavy atom. The van der Waals surface area contributed by atoms with Gasteiger partial charge in [0.25, 0.3) is 0 Å². The van der Waals surface area contributed by atoms with Crippen LogP contribution in [0.5, 0.6) is 5.75 Å². The molecule has 0 atom stereocenters. The molecule has 0 aliphatic rings. The SMILES string of the molecule is COc1ccc2[nH]cc(-c3cc(=O)oc4ccccc34)c2c1. The number of benzene rings is 2. The van der Waals surface area contributed by atoms with E-state index in [4.69, 9.17) is 9.15 Å². The first-order valence-corrected chi connectivity index (χ1v) is 6.94. The predicted octanol–water partition coefficient (Wildman–Crippen LogP) is 3.95. The number of fused-ring (bicyclic) bond motifs is 2. The standard InChI is InChI=1S/C18H13NO3/c1-21-11-6-7-16-14(8-11)15(10-19-16)13-9-18(20)22-17-5-3-2-4-12(13)17/h2-10,19H,1H3. The second-order valence-corrected chi connectivity index (χ2v) is 5.09. The summed E-state index contributed by atoms with van der Waals surface area (Å²) in [5.41, 5.74) is 3.03. The van der Waals surface area contributed by atoms with Gasteiger partial charge >= 0.3 is 5.63 Å². The summed E-state index contributed by atoms with van der Waals surface area (Å²) >= 11 is 0. The highest BCUT2D eigenvalue weighted by molar-refractivity contribution is 6.03. The zero-order valence-electron chi connectivity index (χ0n) is 11.9. The van der Waals surface area contributed by atoms with Crippen molar-refractivity contribution in [2.75, 3.05) is 7.11 Å². The molecule has 0 amide bonds. The van der Waals surface area contributed by atoms with Gasteiger partial charge in [-0.2, -0.15) is 0 Å². The minimum atomic E-state index is -0.356. The summed E-state index contributed by atoms with van der Waals surface area (Å²) in [6.07, 6.45) is 1.91. The van der Waals surface area contributed by atoms with Gasteiger partial charge in [-0.25, -0.2) is 4.79 Å². The van der Waals surface area contributed by atoms with Crippen molar-refractivity contribution in [3.8, 4) is 16.9 Å². The quantitative estimate of drug-likeness (QED) is 0.569. The molecular weight excluding hydrogens is 278 g/mol. The summed E-state index contributed by atoms with van der Waals surface area (Å²) in [7, 11) is 1.64. The fourth-order valence-corrected chi connectivity index (χ4v) is 2.78. The fraction of sp³-hybridized carbons (Fsp3) is 0.0556. The molecule has 2 aromatic heterocycles. The van der Waals surface area contributed by atoms with Crippen molar-refractivity contribution in [1.82, 2.24) is 4.98 Å². The lowest BCUT2D eigenvalue weighted by Crippen LogP contribution is -1.97. The van der Waals surface area contributed by atoms with E-state index in [2.05, 4.69) is 4.98 Å². The van der Waals surface area contributed by atoms with Crippen molar-refractivity contribution in [3.63, 3.8) is 0 Å². The Balaban J connectivity index is 2.09. The van der Waals surface area contributed by atoms with Crippen LogP contribution in [0.25, 0.3) is 33.0 Å². The first-order valence-electron chi connectivity index (χ1n) is 6.94. The monoisotopic (exact) mass is 291 g/mol.